The number of rotatable bonds is 2. The summed E-state index contributed by atoms with van der Waals surface area (Å²) in [4.78, 5) is 24.5. The molecule has 1 unspecified atom stereocenters. The molecule has 2 aliphatic rings. The second-order valence-corrected chi connectivity index (χ2v) is 5.43. The molecule has 0 radical (unpaired) electrons. The van der Waals surface area contributed by atoms with Crippen molar-refractivity contribution < 1.29 is 23.1 Å². The van der Waals surface area contributed by atoms with E-state index in [0.717, 1.165) is 6.07 Å². The summed E-state index contributed by atoms with van der Waals surface area (Å²) in [5, 5.41) is 3.47. The maximum atomic E-state index is 14.0. The minimum absolute atomic E-state index is 0.0461. The molecule has 2 aliphatic heterocycles. The fraction of sp³-hybridized carbons (Fsp3) is 0.467. The maximum absolute atomic E-state index is 14.0. The van der Waals surface area contributed by atoms with Crippen molar-refractivity contribution in [1.29, 1.82) is 0 Å². The second kappa shape index (κ2) is 5.31. The van der Waals surface area contributed by atoms with Crippen molar-refractivity contribution in [1.82, 2.24) is 5.01 Å². The molecule has 1 atom stereocenters. The predicted octanol–water partition coefficient (Wildman–Crippen LogP) is 1.55. The molecule has 1 aromatic carbocycles. The number of esters is 1. The van der Waals surface area contributed by atoms with Gasteiger partial charge in [0.2, 0.25) is 0 Å². The number of hydrazine groups is 1. The number of ketones is 1. The van der Waals surface area contributed by atoms with E-state index in [4.69, 9.17) is 4.74 Å². The van der Waals surface area contributed by atoms with Crippen molar-refractivity contribution in [3.05, 3.63) is 28.8 Å². The van der Waals surface area contributed by atoms with Gasteiger partial charge >= 0.3 is 5.97 Å². The van der Waals surface area contributed by atoms with Gasteiger partial charge in [0.25, 0.3) is 0 Å². The Morgan fingerprint density at radius 1 is 1.45 bits per heavy atom. The molecule has 0 spiro atoms. The Kier molecular flexibility index (Phi) is 3.60. The van der Waals surface area contributed by atoms with Crippen molar-refractivity contribution in [3.8, 4) is 0 Å². The van der Waals surface area contributed by atoms with Crippen molar-refractivity contribution >= 4 is 17.4 Å². The van der Waals surface area contributed by atoms with Gasteiger partial charge in [-0.2, -0.15) is 0 Å². The highest BCUT2D eigenvalue weighted by Crippen LogP contribution is 2.39. The number of anilines is 1. The predicted molar refractivity (Wildman–Crippen MR) is 74.5 cm³/mol. The average molecular weight is 310 g/mol. The van der Waals surface area contributed by atoms with E-state index < -0.39 is 29.3 Å². The van der Waals surface area contributed by atoms with E-state index in [9.17, 15) is 18.4 Å². The molecule has 2 heterocycles. The van der Waals surface area contributed by atoms with Crippen molar-refractivity contribution in [2.45, 2.75) is 13.3 Å². The first-order chi connectivity index (χ1) is 10.5. The topological polar surface area (TPSA) is 49.9 Å². The average Bonchev–Trinajstić information content (AvgIpc) is 2.48. The Morgan fingerprint density at radius 3 is 2.86 bits per heavy atom. The van der Waals surface area contributed by atoms with Gasteiger partial charge < -0.3 is 9.75 Å². The lowest BCUT2D eigenvalue weighted by molar-refractivity contribution is -0.146. The number of benzene rings is 1. The molecule has 0 saturated carbocycles. The van der Waals surface area contributed by atoms with E-state index in [-0.39, 0.29) is 24.3 Å². The van der Waals surface area contributed by atoms with Crippen LogP contribution in [0, 0.1) is 17.6 Å². The summed E-state index contributed by atoms with van der Waals surface area (Å²) >= 11 is 0. The summed E-state index contributed by atoms with van der Waals surface area (Å²) in [5.74, 6) is -4.15. The number of hydrogen-bond acceptors (Lipinski definition) is 5. The molecule has 118 valence electrons. The Bertz CT molecular complexity index is 663. The lowest BCUT2D eigenvalue weighted by Crippen LogP contribution is -2.53. The number of nitrogens with zero attached hydrogens (tertiary/aromatic N) is 2. The van der Waals surface area contributed by atoms with Crippen LogP contribution >= 0.6 is 0 Å². The highest BCUT2D eigenvalue weighted by molar-refractivity contribution is 6.14. The molecule has 0 saturated heterocycles. The number of halogens is 2. The van der Waals surface area contributed by atoms with Crippen molar-refractivity contribution in [3.63, 3.8) is 0 Å². The molecule has 7 heteroatoms. The van der Waals surface area contributed by atoms with E-state index in [1.807, 2.05) is 5.01 Å². The van der Waals surface area contributed by atoms with Gasteiger partial charge in [-0.25, -0.2) is 13.8 Å². The van der Waals surface area contributed by atoms with Crippen molar-refractivity contribution in [2.24, 2.45) is 5.92 Å². The molecule has 0 bridgehead atoms. The minimum Gasteiger partial charge on any atom is -0.465 e. The van der Waals surface area contributed by atoms with Gasteiger partial charge in [-0.1, -0.05) is 0 Å². The highest BCUT2D eigenvalue weighted by Gasteiger charge is 2.42. The summed E-state index contributed by atoms with van der Waals surface area (Å²) in [6.45, 7) is 2.38. The van der Waals surface area contributed by atoms with Gasteiger partial charge in [0, 0.05) is 24.7 Å². The third-order valence-corrected chi connectivity index (χ3v) is 4.15. The van der Waals surface area contributed by atoms with Crippen LogP contribution in [0.25, 0.3) is 0 Å². The lowest BCUT2D eigenvalue weighted by Gasteiger charge is -2.44. The van der Waals surface area contributed by atoms with Gasteiger partial charge in [0.05, 0.1) is 18.8 Å². The first-order valence-corrected chi connectivity index (χ1v) is 7.16. The zero-order chi connectivity index (χ0) is 16.0. The van der Waals surface area contributed by atoms with Gasteiger partial charge in [-0.3, -0.25) is 9.59 Å². The molecule has 0 aromatic heterocycles. The fourth-order valence-electron chi connectivity index (χ4n) is 3.04. The molecule has 0 fully saturated rings. The summed E-state index contributed by atoms with van der Waals surface area (Å²) in [6.07, 6.45) is 0.316. The van der Waals surface area contributed by atoms with Crippen LogP contribution in [0.2, 0.25) is 0 Å². The third-order valence-electron chi connectivity index (χ3n) is 4.15. The van der Waals surface area contributed by atoms with E-state index >= 15 is 0 Å². The quantitative estimate of drug-likeness (QED) is 0.613. The van der Waals surface area contributed by atoms with Crippen LogP contribution in [-0.4, -0.2) is 43.5 Å². The molecule has 0 aliphatic carbocycles. The smallest absolute Gasteiger partial charge is 0.318 e. The molecule has 22 heavy (non-hydrogen) atoms. The van der Waals surface area contributed by atoms with Crippen LogP contribution in [0.5, 0.6) is 0 Å². The monoisotopic (exact) mass is 310 g/mol. The Balaban J connectivity index is 2.14. The molecular weight excluding hydrogens is 294 g/mol. The fourth-order valence-corrected chi connectivity index (χ4v) is 3.04. The van der Waals surface area contributed by atoms with E-state index in [0.29, 0.717) is 18.7 Å². The number of carbonyl (C=O) groups is 2. The summed E-state index contributed by atoms with van der Waals surface area (Å²) in [5.41, 5.74) is 0.617. The van der Waals surface area contributed by atoms with Gasteiger partial charge in [-0.15, -0.1) is 0 Å². The number of carbonyl (C=O) groups excluding carboxylic acids is 2. The largest absolute Gasteiger partial charge is 0.465 e. The molecule has 0 amide bonds. The zero-order valence-electron chi connectivity index (χ0n) is 12.4. The highest BCUT2D eigenvalue weighted by atomic mass is 19.2. The van der Waals surface area contributed by atoms with E-state index in [1.54, 1.807) is 19.0 Å². The Labute approximate surface area is 126 Å². The molecular formula is C15H16F2N2O3. The lowest BCUT2D eigenvalue weighted by atomic mass is 9.87. The van der Waals surface area contributed by atoms with Crippen LogP contribution in [0.15, 0.2) is 6.07 Å². The Morgan fingerprint density at radius 2 is 2.18 bits per heavy atom. The number of hydrogen-bond donors (Lipinski definition) is 0. The number of likely N-dealkylation sites (N-methyl/N-ethyl adjacent to an activating group) is 1. The molecule has 0 N–H and O–H groups in total. The SMILES string of the molecule is CCOC(=O)C1CN2c3c(cc(F)c(F)c3CCN2C)C1=O. The van der Waals surface area contributed by atoms with Crippen LogP contribution in [0.3, 0.4) is 0 Å². The second-order valence-electron chi connectivity index (χ2n) is 5.43. The number of Topliss-reactive ketones (excluding diaryl/α,β-unsaturated/α-hetero) is 1. The molecule has 3 rings (SSSR count). The molecule has 1 aromatic rings. The van der Waals surface area contributed by atoms with E-state index in [1.165, 1.54) is 0 Å². The van der Waals surface area contributed by atoms with Crippen LogP contribution in [-0.2, 0) is 16.0 Å². The van der Waals surface area contributed by atoms with Crippen molar-refractivity contribution in [2.75, 3.05) is 31.8 Å². The minimum atomic E-state index is -1.06. The standard InChI is InChI=1S/C15H16F2N2O3/c1-3-22-15(21)10-7-19-13-8(4-5-18(19)2)12(17)11(16)6-9(13)14(10)20/h6,10H,3-5,7H2,1-2H3. The summed E-state index contributed by atoms with van der Waals surface area (Å²) in [6, 6.07) is 0.883. The first-order valence-electron chi connectivity index (χ1n) is 7.16. The third kappa shape index (κ3) is 2.08. The van der Waals surface area contributed by atoms with E-state index in [2.05, 4.69) is 0 Å². The van der Waals surface area contributed by atoms with Crippen LogP contribution < -0.4 is 5.01 Å². The summed E-state index contributed by atoms with van der Waals surface area (Å²) in [7, 11) is 1.78. The maximum Gasteiger partial charge on any atom is 0.318 e. The first kappa shape index (κ1) is 14.9. The van der Waals surface area contributed by atoms with Crippen LogP contribution in [0.1, 0.15) is 22.8 Å². The number of ether oxygens (including phenoxy) is 1. The Hall–Kier alpha value is -2.02. The molecule has 5 nitrogen and oxygen atoms in total. The summed E-state index contributed by atoms with van der Waals surface area (Å²) < 4.78 is 32.7. The van der Waals surface area contributed by atoms with Gasteiger partial charge in [0.1, 0.15) is 5.92 Å². The van der Waals surface area contributed by atoms with Gasteiger partial charge in [-0.05, 0) is 19.4 Å². The normalized spacial score (nSPS) is 20.8. The van der Waals surface area contributed by atoms with Gasteiger partial charge in [0.15, 0.2) is 17.4 Å². The van der Waals surface area contributed by atoms with Crippen LogP contribution in [0.4, 0.5) is 14.5 Å². The zero-order valence-corrected chi connectivity index (χ0v) is 12.4.